The molecule has 3 nitrogen and oxygen atoms in total. The summed E-state index contributed by atoms with van der Waals surface area (Å²) in [6.45, 7) is 0. The van der Waals surface area contributed by atoms with Crippen molar-refractivity contribution in [3.63, 3.8) is 0 Å². The molecule has 4 heteroatoms. The number of pyridine rings is 1. The molecule has 2 aromatic carbocycles. The predicted octanol–water partition coefficient (Wildman–Crippen LogP) is 4.15. The van der Waals surface area contributed by atoms with E-state index in [1.54, 1.807) is 24.4 Å². The Labute approximate surface area is 124 Å². The van der Waals surface area contributed by atoms with E-state index in [9.17, 15) is 9.18 Å². The van der Waals surface area contributed by atoms with Crippen LogP contribution in [0.25, 0.3) is 33.0 Å². The lowest BCUT2D eigenvalue weighted by Crippen LogP contribution is -2.03. The minimum absolute atomic E-state index is 0.346. The van der Waals surface area contributed by atoms with E-state index >= 15 is 0 Å². The van der Waals surface area contributed by atoms with E-state index in [2.05, 4.69) is 4.98 Å². The summed E-state index contributed by atoms with van der Waals surface area (Å²) in [5.41, 5.74) is 1.85. The number of aromatic nitrogens is 1. The van der Waals surface area contributed by atoms with Crippen LogP contribution in [-0.2, 0) is 0 Å². The van der Waals surface area contributed by atoms with E-state index in [-0.39, 0.29) is 5.82 Å². The van der Waals surface area contributed by atoms with Gasteiger partial charge < -0.3 is 4.42 Å². The van der Waals surface area contributed by atoms with E-state index in [4.69, 9.17) is 4.42 Å². The molecule has 0 atom stereocenters. The molecule has 4 rings (SSSR count). The van der Waals surface area contributed by atoms with Crippen molar-refractivity contribution in [3.8, 4) is 11.1 Å². The highest BCUT2D eigenvalue weighted by Crippen LogP contribution is 2.25. The summed E-state index contributed by atoms with van der Waals surface area (Å²) >= 11 is 0. The van der Waals surface area contributed by atoms with Gasteiger partial charge in [0.1, 0.15) is 11.4 Å². The Morgan fingerprint density at radius 1 is 1.00 bits per heavy atom. The summed E-state index contributed by atoms with van der Waals surface area (Å²) in [5.74, 6) is -0.346. The molecular formula is C18H10FNO2. The predicted molar refractivity (Wildman–Crippen MR) is 83.2 cm³/mol. The highest BCUT2D eigenvalue weighted by atomic mass is 19.1. The third-order valence-electron chi connectivity index (χ3n) is 3.62. The molecule has 0 fully saturated rings. The number of nitrogens with zero attached hydrogens (tertiary/aromatic N) is 1. The third-order valence-corrected chi connectivity index (χ3v) is 3.62. The third kappa shape index (κ3) is 1.97. The number of hydrogen-bond donors (Lipinski definition) is 0. The Kier molecular flexibility index (Phi) is 2.76. The standard InChI is InChI=1S/C18H10FNO2/c19-13-7-5-11(6-8-13)15-9-12-10-20-16-4-2-1-3-14(16)17(12)22-18(15)21/h1-10H. The van der Waals surface area contributed by atoms with Crippen molar-refractivity contribution in [2.45, 2.75) is 0 Å². The number of hydrogen-bond acceptors (Lipinski definition) is 3. The number of benzene rings is 2. The van der Waals surface area contributed by atoms with E-state index in [0.717, 1.165) is 16.3 Å². The number of halogens is 1. The summed E-state index contributed by atoms with van der Waals surface area (Å²) in [6, 6.07) is 15.0. The molecule has 0 radical (unpaired) electrons. The first-order valence-electron chi connectivity index (χ1n) is 6.80. The maximum Gasteiger partial charge on any atom is 0.344 e. The van der Waals surface area contributed by atoms with Crippen LogP contribution in [0, 0.1) is 5.82 Å². The van der Waals surface area contributed by atoms with E-state index in [1.165, 1.54) is 12.1 Å². The smallest absolute Gasteiger partial charge is 0.344 e. The van der Waals surface area contributed by atoms with Crippen molar-refractivity contribution >= 4 is 21.9 Å². The van der Waals surface area contributed by atoms with Crippen LogP contribution in [0.2, 0.25) is 0 Å². The summed E-state index contributed by atoms with van der Waals surface area (Å²) in [7, 11) is 0. The van der Waals surface area contributed by atoms with E-state index in [0.29, 0.717) is 16.7 Å². The van der Waals surface area contributed by atoms with Crippen molar-refractivity contribution < 1.29 is 8.81 Å². The zero-order valence-electron chi connectivity index (χ0n) is 11.4. The van der Waals surface area contributed by atoms with Crippen LogP contribution >= 0.6 is 0 Å². The first-order valence-corrected chi connectivity index (χ1v) is 6.80. The Morgan fingerprint density at radius 2 is 1.77 bits per heavy atom. The quantitative estimate of drug-likeness (QED) is 0.495. The van der Waals surface area contributed by atoms with Crippen LogP contribution < -0.4 is 5.63 Å². The van der Waals surface area contributed by atoms with E-state index in [1.807, 2.05) is 24.3 Å². The van der Waals surface area contributed by atoms with Gasteiger partial charge in [0.15, 0.2) is 0 Å². The minimum Gasteiger partial charge on any atom is -0.421 e. The van der Waals surface area contributed by atoms with Gasteiger partial charge in [-0.25, -0.2) is 9.18 Å². The van der Waals surface area contributed by atoms with Gasteiger partial charge in [-0.1, -0.05) is 24.3 Å². The molecule has 106 valence electrons. The zero-order valence-corrected chi connectivity index (χ0v) is 11.4. The monoisotopic (exact) mass is 291 g/mol. The SMILES string of the molecule is O=c1oc2c(cnc3ccccc32)cc1-c1ccc(F)cc1. The molecule has 0 amide bonds. The lowest BCUT2D eigenvalue weighted by Gasteiger charge is -2.05. The van der Waals surface area contributed by atoms with Crippen LogP contribution in [0.3, 0.4) is 0 Å². The molecule has 0 aliphatic rings. The van der Waals surface area contributed by atoms with Crippen molar-refractivity contribution in [1.29, 1.82) is 0 Å². The Hall–Kier alpha value is -3.01. The van der Waals surface area contributed by atoms with Gasteiger partial charge in [0.25, 0.3) is 0 Å². The van der Waals surface area contributed by atoms with Gasteiger partial charge in [-0.3, -0.25) is 4.98 Å². The van der Waals surface area contributed by atoms with Crippen LogP contribution in [0.5, 0.6) is 0 Å². The van der Waals surface area contributed by atoms with Gasteiger partial charge >= 0.3 is 5.63 Å². The Balaban J connectivity index is 2.03. The second-order valence-electron chi connectivity index (χ2n) is 5.01. The fraction of sp³-hybridized carbons (Fsp3) is 0. The summed E-state index contributed by atoms with van der Waals surface area (Å²) in [5, 5.41) is 1.53. The molecule has 0 saturated heterocycles. The number of rotatable bonds is 1. The van der Waals surface area contributed by atoms with E-state index < -0.39 is 5.63 Å². The first kappa shape index (κ1) is 12.7. The van der Waals surface area contributed by atoms with Crippen LogP contribution in [0.1, 0.15) is 0 Å². The fourth-order valence-electron chi connectivity index (χ4n) is 2.54. The zero-order chi connectivity index (χ0) is 15.1. The van der Waals surface area contributed by atoms with Crippen molar-refractivity contribution in [3.05, 3.63) is 77.0 Å². The number of fused-ring (bicyclic) bond motifs is 3. The maximum absolute atomic E-state index is 13.0. The van der Waals surface area contributed by atoms with Gasteiger partial charge in [-0.2, -0.15) is 0 Å². The molecule has 0 N–H and O–H groups in total. The second kappa shape index (κ2) is 4.77. The van der Waals surface area contributed by atoms with Gasteiger partial charge in [0.2, 0.25) is 0 Å². The lowest BCUT2D eigenvalue weighted by molar-refractivity contribution is 0.566. The second-order valence-corrected chi connectivity index (χ2v) is 5.01. The molecule has 0 saturated carbocycles. The Bertz CT molecular complexity index is 1050. The molecule has 4 aromatic rings. The highest BCUT2D eigenvalue weighted by Gasteiger charge is 2.10. The molecule has 0 aliphatic heterocycles. The average Bonchev–Trinajstić information content (AvgIpc) is 2.55. The minimum atomic E-state index is -0.449. The highest BCUT2D eigenvalue weighted by molar-refractivity contribution is 6.02. The molecular weight excluding hydrogens is 281 g/mol. The van der Waals surface area contributed by atoms with Crippen molar-refractivity contribution in [1.82, 2.24) is 4.98 Å². The normalized spacial score (nSPS) is 11.1. The maximum atomic E-state index is 13.0. The molecule has 0 aliphatic carbocycles. The molecule has 2 aromatic heterocycles. The largest absolute Gasteiger partial charge is 0.421 e. The van der Waals surface area contributed by atoms with Gasteiger partial charge in [-0.05, 0) is 35.9 Å². The molecule has 0 spiro atoms. The van der Waals surface area contributed by atoms with Crippen molar-refractivity contribution in [2.75, 3.05) is 0 Å². The topological polar surface area (TPSA) is 43.1 Å². The summed E-state index contributed by atoms with van der Waals surface area (Å²) < 4.78 is 18.5. The molecule has 0 bridgehead atoms. The molecule has 0 unspecified atom stereocenters. The fourth-order valence-corrected chi connectivity index (χ4v) is 2.54. The first-order chi connectivity index (χ1) is 10.7. The van der Waals surface area contributed by atoms with Gasteiger partial charge in [-0.15, -0.1) is 0 Å². The molecule has 2 heterocycles. The Morgan fingerprint density at radius 3 is 2.59 bits per heavy atom. The molecule has 22 heavy (non-hydrogen) atoms. The van der Waals surface area contributed by atoms with Crippen LogP contribution in [0.4, 0.5) is 4.39 Å². The average molecular weight is 291 g/mol. The number of para-hydroxylation sites is 1. The van der Waals surface area contributed by atoms with Gasteiger partial charge in [0.05, 0.1) is 11.1 Å². The summed E-state index contributed by atoms with van der Waals surface area (Å²) in [4.78, 5) is 16.6. The van der Waals surface area contributed by atoms with Gasteiger partial charge in [0, 0.05) is 17.0 Å². The lowest BCUT2D eigenvalue weighted by atomic mass is 10.1. The van der Waals surface area contributed by atoms with Crippen molar-refractivity contribution in [2.24, 2.45) is 0 Å². The van der Waals surface area contributed by atoms with Crippen LogP contribution in [-0.4, -0.2) is 4.98 Å². The summed E-state index contributed by atoms with van der Waals surface area (Å²) in [6.07, 6.45) is 1.67. The van der Waals surface area contributed by atoms with Crippen LogP contribution in [0.15, 0.2) is 70.0 Å².